The molecule has 2 N–H and O–H groups in total. The normalized spacial score (nSPS) is 12.1. The van der Waals surface area contributed by atoms with Crippen LogP contribution in [0.2, 0.25) is 0 Å². The molecule has 0 aromatic heterocycles. The molecule has 0 spiro atoms. The Morgan fingerprint density at radius 3 is 2.08 bits per heavy atom. The van der Waals surface area contributed by atoms with Crippen LogP contribution in [0.3, 0.4) is 0 Å². The molecule has 0 rings (SSSR count). The molecule has 4 nitrogen and oxygen atoms in total. The molecular weight excluding hydrogens is 304 g/mol. The number of carbonyl (C=O) groups excluding carboxylic acids is 1. The Kier molecular flexibility index (Phi) is 16.4. The summed E-state index contributed by atoms with van der Waals surface area (Å²) in [5.41, 5.74) is 0.187. The highest BCUT2D eigenvalue weighted by Crippen LogP contribution is 2.14. The van der Waals surface area contributed by atoms with E-state index < -0.39 is 12.1 Å². The van der Waals surface area contributed by atoms with Crippen molar-refractivity contribution >= 4 is 5.97 Å². The van der Waals surface area contributed by atoms with Crippen molar-refractivity contribution in [3.8, 4) is 0 Å². The highest BCUT2D eigenvalue weighted by molar-refractivity contribution is 5.88. The number of carbonyl (C=O) groups is 1. The highest BCUT2D eigenvalue weighted by Gasteiger charge is 2.17. The lowest BCUT2D eigenvalue weighted by molar-refractivity contribution is -0.140. The molecule has 0 aromatic rings. The smallest absolute Gasteiger partial charge is 0.336 e. The third kappa shape index (κ3) is 13.6. The summed E-state index contributed by atoms with van der Waals surface area (Å²) < 4.78 is 5.17. The van der Waals surface area contributed by atoms with Crippen LogP contribution >= 0.6 is 0 Å². The van der Waals surface area contributed by atoms with E-state index in [-0.39, 0.29) is 12.2 Å². The molecule has 4 heteroatoms. The van der Waals surface area contributed by atoms with Crippen LogP contribution in [-0.2, 0) is 9.53 Å². The maximum atomic E-state index is 11.8. The lowest BCUT2D eigenvalue weighted by atomic mass is 10.0. The maximum absolute atomic E-state index is 11.8. The topological polar surface area (TPSA) is 66.8 Å². The summed E-state index contributed by atoms with van der Waals surface area (Å²) >= 11 is 0. The Morgan fingerprint density at radius 1 is 0.917 bits per heavy atom. The van der Waals surface area contributed by atoms with E-state index in [1.807, 2.05) is 0 Å². The van der Waals surface area contributed by atoms with Crippen LogP contribution in [-0.4, -0.2) is 35.5 Å². The molecule has 1 unspecified atom stereocenters. The van der Waals surface area contributed by atoms with E-state index in [4.69, 9.17) is 9.84 Å². The van der Waals surface area contributed by atoms with Gasteiger partial charge in [-0.3, -0.25) is 0 Å². The average molecular weight is 343 g/mol. The number of esters is 1. The van der Waals surface area contributed by atoms with Gasteiger partial charge in [-0.25, -0.2) is 4.79 Å². The minimum atomic E-state index is -0.785. The Balaban J connectivity index is 3.58. The number of aliphatic hydroxyl groups is 2. The predicted molar refractivity (Wildman–Crippen MR) is 98.9 cm³/mol. The molecule has 142 valence electrons. The van der Waals surface area contributed by atoms with Crippen molar-refractivity contribution in [3.63, 3.8) is 0 Å². The number of unbranched alkanes of at least 4 members (excludes halogenated alkanes) is 10. The van der Waals surface area contributed by atoms with Crippen molar-refractivity contribution in [3.05, 3.63) is 12.2 Å². The Labute approximate surface area is 148 Å². The lowest BCUT2D eigenvalue weighted by Crippen LogP contribution is -2.19. The fourth-order valence-electron chi connectivity index (χ4n) is 2.61. The van der Waals surface area contributed by atoms with Crippen LogP contribution in [0.25, 0.3) is 0 Å². The minimum Gasteiger partial charge on any atom is -0.462 e. The molecule has 24 heavy (non-hydrogen) atoms. The third-order valence-corrected chi connectivity index (χ3v) is 4.28. The quantitative estimate of drug-likeness (QED) is 0.231. The number of rotatable bonds is 17. The third-order valence-electron chi connectivity index (χ3n) is 4.28. The summed E-state index contributed by atoms with van der Waals surface area (Å²) in [5.74, 6) is -0.456. The summed E-state index contributed by atoms with van der Waals surface area (Å²) in [6, 6.07) is 0. The number of aliphatic hydroxyl groups excluding tert-OH is 2. The van der Waals surface area contributed by atoms with Gasteiger partial charge in [-0.2, -0.15) is 0 Å². The molecule has 1 atom stereocenters. The number of ether oxygens (including phenoxy) is 1. The predicted octanol–water partition coefficient (Wildman–Crippen LogP) is 4.53. The van der Waals surface area contributed by atoms with E-state index in [0.29, 0.717) is 13.0 Å². The second kappa shape index (κ2) is 17.0. The number of hydrogen-bond acceptors (Lipinski definition) is 4. The summed E-state index contributed by atoms with van der Waals surface area (Å²) in [6.07, 6.45) is 12.7. The summed E-state index contributed by atoms with van der Waals surface area (Å²) in [6.45, 7) is 6.55. The molecule has 0 aromatic carbocycles. The SMILES string of the molecule is C=C(C(=O)OCCCCCCC)C(O)CCCCCCCCCO. The van der Waals surface area contributed by atoms with Gasteiger partial charge in [0.1, 0.15) is 0 Å². The van der Waals surface area contributed by atoms with E-state index in [2.05, 4.69) is 13.5 Å². The van der Waals surface area contributed by atoms with E-state index in [1.54, 1.807) is 0 Å². The minimum absolute atomic E-state index is 0.187. The zero-order chi connectivity index (χ0) is 18.0. The van der Waals surface area contributed by atoms with Gasteiger partial charge in [-0.05, 0) is 19.3 Å². The molecule has 0 radical (unpaired) electrons. The first kappa shape index (κ1) is 23.1. The standard InChI is InChI=1S/C20H38O4/c1-3-4-5-11-14-17-24-20(23)18(2)19(22)15-12-9-7-6-8-10-13-16-21/h19,21-22H,2-17H2,1H3. The monoisotopic (exact) mass is 342 g/mol. The second-order valence-electron chi connectivity index (χ2n) is 6.58. The Hall–Kier alpha value is -0.870. The van der Waals surface area contributed by atoms with Crippen molar-refractivity contribution < 1.29 is 19.7 Å². The molecule has 0 aliphatic carbocycles. The van der Waals surface area contributed by atoms with Gasteiger partial charge in [0.25, 0.3) is 0 Å². The van der Waals surface area contributed by atoms with Gasteiger partial charge in [0.15, 0.2) is 0 Å². The van der Waals surface area contributed by atoms with Crippen molar-refractivity contribution in [2.75, 3.05) is 13.2 Å². The van der Waals surface area contributed by atoms with Gasteiger partial charge in [0.05, 0.1) is 18.3 Å². The van der Waals surface area contributed by atoms with Crippen LogP contribution in [0.15, 0.2) is 12.2 Å². The maximum Gasteiger partial charge on any atom is 0.336 e. The zero-order valence-corrected chi connectivity index (χ0v) is 15.6. The van der Waals surface area contributed by atoms with E-state index in [9.17, 15) is 9.90 Å². The first-order valence-corrected chi connectivity index (χ1v) is 9.78. The first-order valence-electron chi connectivity index (χ1n) is 9.78. The molecule has 0 fully saturated rings. The average Bonchev–Trinajstić information content (AvgIpc) is 2.59. The zero-order valence-electron chi connectivity index (χ0n) is 15.6. The molecular formula is C20H38O4. The van der Waals surface area contributed by atoms with Crippen LogP contribution in [0.5, 0.6) is 0 Å². The van der Waals surface area contributed by atoms with Crippen LogP contribution in [0, 0.1) is 0 Å². The van der Waals surface area contributed by atoms with Gasteiger partial charge >= 0.3 is 5.97 Å². The van der Waals surface area contributed by atoms with Crippen LogP contribution in [0.1, 0.15) is 90.4 Å². The van der Waals surface area contributed by atoms with Crippen molar-refractivity contribution in [1.82, 2.24) is 0 Å². The molecule has 0 saturated carbocycles. The van der Waals surface area contributed by atoms with Crippen molar-refractivity contribution in [2.45, 2.75) is 96.5 Å². The van der Waals surface area contributed by atoms with Gasteiger partial charge in [-0.15, -0.1) is 0 Å². The molecule has 0 saturated heterocycles. The highest BCUT2D eigenvalue weighted by atomic mass is 16.5. The lowest BCUT2D eigenvalue weighted by Gasteiger charge is -2.13. The Bertz CT molecular complexity index is 315. The summed E-state index contributed by atoms with van der Waals surface area (Å²) in [7, 11) is 0. The number of hydrogen-bond donors (Lipinski definition) is 2. The van der Waals surface area contributed by atoms with Gasteiger partial charge in [-0.1, -0.05) is 77.7 Å². The van der Waals surface area contributed by atoms with Crippen LogP contribution in [0.4, 0.5) is 0 Å². The molecule has 0 aliphatic rings. The van der Waals surface area contributed by atoms with E-state index >= 15 is 0 Å². The van der Waals surface area contributed by atoms with E-state index in [0.717, 1.165) is 57.8 Å². The second-order valence-corrected chi connectivity index (χ2v) is 6.58. The molecule has 0 amide bonds. The summed E-state index contributed by atoms with van der Waals surface area (Å²) in [4.78, 5) is 11.8. The van der Waals surface area contributed by atoms with Crippen molar-refractivity contribution in [2.24, 2.45) is 0 Å². The largest absolute Gasteiger partial charge is 0.462 e. The molecule has 0 aliphatic heterocycles. The molecule has 0 bridgehead atoms. The van der Waals surface area contributed by atoms with Crippen LogP contribution < -0.4 is 0 Å². The fraction of sp³-hybridized carbons (Fsp3) is 0.850. The molecule has 0 heterocycles. The van der Waals surface area contributed by atoms with Gasteiger partial charge in [0, 0.05) is 6.61 Å². The fourth-order valence-corrected chi connectivity index (χ4v) is 2.61. The van der Waals surface area contributed by atoms with Gasteiger partial charge in [0.2, 0.25) is 0 Å². The first-order chi connectivity index (χ1) is 11.6. The van der Waals surface area contributed by atoms with E-state index in [1.165, 1.54) is 19.3 Å². The Morgan fingerprint density at radius 2 is 1.46 bits per heavy atom. The summed E-state index contributed by atoms with van der Waals surface area (Å²) in [5, 5.41) is 18.7. The van der Waals surface area contributed by atoms with Crippen molar-refractivity contribution in [1.29, 1.82) is 0 Å². The van der Waals surface area contributed by atoms with Gasteiger partial charge < -0.3 is 14.9 Å².